The Hall–Kier alpha value is -3.58. The maximum atomic E-state index is 14.2. The second-order valence-corrected chi connectivity index (χ2v) is 19.9. The standard InChI is InChI=1S/C36H46N6O4S2/c1-35(2)19-27(29(23-37)30(21-35)41-15-7-8-16-41)32(24-38)47(43,44)25-11-13-26(14-12-25)48(45,46)34(40-6)28-20-36(3,4)22-31(33(28)39-5)42-17-9-10-18-42/h25-26H,7-22H2,1-4H3/b32-27+,34-28+. The molecule has 0 spiro atoms. The van der Waals surface area contributed by atoms with E-state index in [-0.39, 0.29) is 75.3 Å². The summed E-state index contributed by atoms with van der Waals surface area (Å²) in [6.07, 6.45) is 5.94. The molecule has 2 aliphatic heterocycles. The molecule has 48 heavy (non-hydrogen) atoms. The van der Waals surface area contributed by atoms with Gasteiger partial charge in [-0.1, -0.05) is 27.7 Å². The van der Waals surface area contributed by atoms with Crippen LogP contribution in [0.15, 0.2) is 43.7 Å². The summed E-state index contributed by atoms with van der Waals surface area (Å²) in [7, 11) is -8.35. The fourth-order valence-electron chi connectivity index (χ4n) is 8.40. The first-order valence-corrected chi connectivity index (χ1v) is 20.2. The van der Waals surface area contributed by atoms with Crippen LogP contribution in [0.2, 0.25) is 0 Å². The molecule has 1 saturated carbocycles. The third-order valence-corrected chi connectivity index (χ3v) is 15.2. The van der Waals surface area contributed by atoms with Crippen LogP contribution in [0.4, 0.5) is 0 Å². The van der Waals surface area contributed by atoms with Crippen LogP contribution in [-0.2, 0) is 19.7 Å². The molecule has 0 aromatic carbocycles. The van der Waals surface area contributed by atoms with Crippen molar-refractivity contribution in [2.75, 3.05) is 26.2 Å². The Morgan fingerprint density at radius 2 is 1.19 bits per heavy atom. The Morgan fingerprint density at radius 3 is 1.65 bits per heavy atom. The highest BCUT2D eigenvalue weighted by Gasteiger charge is 2.45. The molecule has 5 aliphatic rings. The minimum absolute atomic E-state index is 0.0231. The summed E-state index contributed by atoms with van der Waals surface area (Å²) in [5.74, 6) is 0. The lowest BCUT2D eigenvalue weighted by Crippen LogP contribution is -2.36. The molecular weight excluding hydrogens is 645 g/mol. The van der Waals surface area contributed by atoms with E-state index in [4.69, 9.17) is 13.1 Å². The maximum absolute atomic E-state index is 14.2. The lowest BCUT2D eigenvalue weighted by molar-refractivity contribution is 0.286. The number of likely N-dealkylation sites (tertiary alicyclic amines) is 2. The highest BCUT2D eigenvalue weighted by molar-refractivity contribution is 7.96. The predicted octanol–water partition coefficient (Wildman–Crippen LogP) is 6.78. The number of nitriles is 2. The zero-order valence-corrected chi connectivity index (χ0v) is 30.2. The first-order chi connectivity index (χ1) is 22.6. The molecule has 12 heteroatoms. The molecule has 3 aliphatic carbocycles. The van der Waals surface area contributed by atoms with Crippen LogP contribution in [0.3, 0.4) is 0 Å². The van der Waals surface area contributed by atoms with Crippen LogP contribution in [0.5, 0.6) is 0 Å². The zero-order valence-electron chi connectivity index (χ0n) is 28.6. The molecule has 2 saturated heterocycles. The van der Waals surface area contributed by atoms with Gasteiger partial charge in [-0.05, 0) is 93.5 Å². The van der Waals surface area contributed by atoms with E-state index in [0.717, 1.165) is 63.3 Å². The van der Waals surface area contributed by atoms with Crippen molar-refractivity contribution in [1.29, 1.82) is 10.5 Å². The van der Waals surface area contributed by atoms with Gasteiger partial charge in [0.1, 0.15) is 17.0 Å². The molecular formula is C36H46N6O4S2. The third-order valence-electron chi connectivity index (χ3n) is 10.7. The fraction of sp³-hybridized carbons (Fsp3) is 0.667. The van der Waals surface area contributed by atoms with Crippen molar-refractivity contribution in [1.82, 2.24) is 9.80 Å². The quantitative estimate of drug-likeness (QED) is 0.220. The molecule has 0 bridgehead atoms. The number of hydrogen-bond acceptors (Lipinski definition) is 8. The largest absolute Gasteiger partial charge is 0.384 e. The highest BCUT2D eigenvalue weighted by atomic mass is 32.2. The van der Waals surface area contributed by atoms with Gasteiger partial charge in [0.05, 0.1) is 29.2 Å². The van der Waals surface area contributed by atoms with Crippen LogP contribution < -0.4 is 0 Å². The van der Waals surface area contributed by atoms with E-state index in [1.54, 1.807) is 0 Å². The van der Waals surface area contributed by atoms with Gasteiger partial charge in [0.25, 0.3) is 5.03 Å². The van der Waals surface area contributed by atoms with Crippen LogP contribution >= 0.6 is 0 Å². The second-order valence-electron chi connectivity index (χ2n) is 15.6. The van der Waals surface area contributed by atoms with Crippen molar-refractivity contribution < 1.29 is 16.8 Å². The summed E-state index contributed by atoms with van der Waals surface area (Å²) in [4.78, 5) is 11.3. The van der Waals surface area contributed by atoms with Gasteiger partial charge in [-0.15, -0.1) is 0 Å². The molecule has 0 amide bonds. The average Bonchev–Trinajstić information content (AvgIpc) is 3.76. The van der Waals surface area contributed by atoms with Crippen molar-refractivity contribution in [3.8, 4) is 12.1 Å². The van der Waals surface area contributed by atoms with Crippen LogP contribution in [0, 0.1) is 46.6 Å². The Kier molecular flexibility index (Phi) is 9.96. The topological polar surface area (TPSA) is 131 Å². The van der Waals surface area contributed by atoms with E-state index >= 15 is 0 Å². The summed E-state index contributed by atoms with van der Waals surface area (Å²) in [6, 6.07) is 4.21. The number of sulfone groups is 2. The fourth-order valence-corrected chi connectivity index (χ4v) is 12.1. The Labute approximate surface area is 286 Å². The van der Waals surface area contributed by atoms with Gasteiger partial charge in [0.15, 0.2) is 25.4 Å². The van der Waals surface area contributed by atoms with E-state index in [9.17, 15) is 27.4 Å². The molecule has 0 N–H and O–H groups in total. The maximum Gasteiger partial charge on any atom is 0.272 e. The zero-order chi connectivity index (χ0) is 35.1. The molecule has 0 aromatic heterocycles. The Balaban J connectivity index is 1.46. The number of allylic oxidation sites excluding steroid dienone is 6. The van der Waals surface area contributed by atoms with Crippen LogP contribution in [0.25, 0.3) is 9.69 Å². The summed E-state index contributed by atoms with van der Waals surface area (Å²) in [5.41, 5.74) is 2.08. The normalized spacial score (nSPS) is 28.3. The SMILES string of the molecule is [C-]#[N+]C1=C(N2CCCC2)CC(C)(C)C/C1=C(/[N+]#[C-])S(=O)(=O)C1CCC(S(=O)(=O)/C(C#N)=C2\CC(C)(C)CC(N3CCCC3)=C2C#N)CC1. The van der Waals surface area contributed by atoms with Crippen LogP contribution in [-0.4, -0.2) is 63.3 Å². The lowest BCUT2D eigenvalue weighted by Gasteiger charge is -2.38. The first-order valence-electron chi connectivity index (χ1n) is 17.1. The highest BCUT2D eigenvalue weighted by Crippen LogP contribution is 2.48. The van der Waals surface area contributed by atoms with Crippen LogP contribution in [0.1, 0.15) is 105 Å². The van der Waals surface area contributed by atoms with Crippen molar-refractivity contribution in [2.24, 2.45) is 10.8 Å². The molecule has 0 atom stereocenters. The van der Waals surface area contributed by atoms with Gasteiger partial charge in [-0.25, -0.2) is 26.5 Å². The molecule has 0 radical (unpaired) electrons. The van der Waals surface area contributed by atoms with Gasteiger partial charge >= 0.3 is 0 Å². The van der Waals surface area contributed by atoms with E-state index < -0.39 is 30.2 Å². The summed E-state index contributed by atoms with van der Waals surface area (Å²) >= 11 is 0. The Morgan fingerprint density at radius 1 is 0.729 bits per heavy atom. The van der Waals surface area contributed by atoms with Gasteiger partial charge in [-0.3, -0.25) is 0 Å². The Bertz CT molecular complexity index is 1730. The minimum Gasteiger partial charge on any atom is -0.384 e. The van der Waals surface area contributed by atoms with Crippen molar-refractivity contribution >= 4 is 19.7 Å². The van der Waals surface area contributed by atoms with Crippen molar-refractivity contribution in [2.45, 2.75) is 115 Å². The lowest BCUT2D eigenvalue weighted by atomic mass is 9.73. The molecule has 2 heterocycles. The van der Waals surface area contributed by atoms with Gasteiger partial charge < -0.3 is 9.80 Å². The molecule has 0 unspecified atom stereocenters. The molecule has 256 valence electrons. The summed E-state index contributed by atoms with van der Waals surface area (Å²) in [5, 5.41) is 18.2. The first kappa shape index (κ1) is 35.7. The van der Waals surface area contributed by atoms with Gasteiger partial charge in [0, 0.05) is 43.1 Å². The number of nitrogens with zero attached hydrogens (tertiary/aromatic N) is 6. The number of rotatable bonds is 6. The van der Waals surface area contributed by atoms with Crippen molar-refractivity contribution in [3.05, 3.63) is 66.6 Å². The number of hydrogen-bond donors (Lipinski definition) is 0. The smallest absolute Gasteiger partial charge is 0.272 e. The third kappa shape index (κ3) is 6.67. The van der Waals surface area contributed by atoms with Crippen molar-refractivity contribution in [3.63, 3.8) is 0 Å². The minimum atomic E-state index is -4.18. The van der Waals surface area contributed by atoms with Gasteiger partial charge in [0.2, 0.25) is 0 Å². The second kappa shape index (κ2) is 13.4. The van der Waals surface area contributed by atoms with E-state index in [2.05, 4.69) is 25.6 Å². The average molecular weight is 691 g/mol. The predicted molar refractivity (Wildman–Crippen MR) is 184 cm³/mol. The van der Waals surface area contributed by atoms with E-state index in [1.165, 1.54) is 0 Å². The van der Waals surface area contributed by atoms with E-state index in [0.29, 0.717) is 19.3 Å². The van der Waals surface area contributed by atoms with Gasteiger partial charge in [-0.2, -0.15) is 10.5 Å². The summed E-state index contributed by atoms with van der Waals surface area (Å²) in [6.45, 7) is 27.3. The van der Waals surface area contributed by atoms with E-state index in [1.807, 2.05) is 33.8 Å². The molecule has 0 aromatic rings. The molecule has 5 rings (SSSR count). The monoisotopic (exact) mass is 690 g/mol. The molecule has 10 nitrogen and oxygen atoms in total. The molecule has 3 fully saturated rings. The summed E-state index contributed by atoms with van der Waals surface area (Å²) < 4.78 is 56.6.